The molecule has 0 atom stereocenters. The van der Waals surface area contributed by atoms with Crippen LogP contribution in [-0.4, -0.2) is 21.2 Å². The van der Waals surface area contributed by atoms with Crippen molar-refractivity contribution in [1.29, 1.82) is 0 Å². The van der Waals surface area contributed by atoms with Crippen LogP contribution in [0.25, 0.3) is 11.3 Å². The van der Waals surface area contributed by atoms with E-state index in [1.54, 1.807) is 13.8 Å². The Hall–Kier alpha value is -2.08. The number of pyridine rings is 1. The standard InChI is InChI=1S/C11H10ClN3O3/c1-4-8(5(2)18-15-4)7-3-6(13)9(12)10(14-7)11(16)17/h3H,1-2H3,(H2,13,14)(H,16,17). The summed E-state index contributed by atoms with van der Waals surface area (Å²) in [5, 5.41) is 12.7. The molecule has 0 amide bonds. The van der Waals surface area contributed by atoms with Crippen molar-refractivity contribution < 1.29 is 14.4 Å². The molecular weight excluding hydrogens is 258 g/mol. The Labute approximate surface area is 107 Å². The molecular formula is C11H10ClN3O3. The summed E-state index contributed by atoms with van der Waals surface area (Å²) in [5.41, 5.74) is 7.16. The van der Waals surface area contributed by atoms with Gasteiger partial charge < -0.3 is 15.4 Å². The van der Waals surface area contributed by atoms with Crippen molar-refractivity contribution in [3.63, 3.8) is 0 Å². The number of aromatic carboxylic acids is 1. The van der Waals surface area contributed by atoms with E-state index in [-0.39, 0.29) is 16.4 Å². The summed E-state index contributed by atoms with van der Waals surface area (Å²) in [6.07, 6.45) is 0. The highest BCUT2D eigenvalue weighted by Gasteiger charge is 2.19. The number of nitrogens with two attached hydrogens (primary N) is 1. The molecule has 7 heteroatoms. The highest BCUT2D eigenvalue weighted by atomic mass is 35.5. The summed E-state index contributed by atoms with van der Waals surface area (Å²) in [6.45, 7) is 3.45. The van der Waals surface area contributed by atoms with Crippen LogP contribution in [0.3, 0.4) is 0 Å². The fourth-order valence-electron chi connectivity index (χ4n) is 1.67. The second-order valence-corrected chi connectivity index (χ2v) is 4.14. The minimum absolute atomic E-state index is 0.0713. The molecule has 18 heavy (non-hydrogen) atoms. The maximum absolute atomic E-state index is 11.0. The lowest BCUT2D eigenvalue weighted by molar-refractivity contribution is 0.0691. The molecule has 0 saturated heterocycles. The topological polar surface area (TPSA) is 102 Å². The minimum Gasteiger partial charge on any atom is -0.476 e. The molecule has 0 spiro atoms. The predicted octanol–water partition coefficient (Wildman–Crippen LogP) is 2.29. The van der Waals surface area contributed by atoms with Crippen molar-refractivity contribution in [2.24, 2.45) is 0 Å². The lowest BCUT2D eigenvalue weighted by Crippen LogP contribution is -2.05. The zero-order valence-corrected chi connectivity index (χ0v) is 10.4. The molecule has 2 aromatic heterocycles. The first-order chi connectivity index (χ1) is 8.41. The number of anilines is 1. The maximum Gasteiger partial charge on any atom is 0.356 e. The van der Waals surface area contributed by atoms with Gasteiger partial charge in [0.2, 0.25) is 0 Å². The average Bonchev–Trinajstić information content (AvgIpc) is 2.62. The number of nitrogens with zero attached hydrogens (tertiary/aromatic N) is 2. The minimum atomic E-state index is -1.24. The van der Waals surface area contributed by atoms with Crippen molar-refractivity contribution in [3.05, 3.63) is 28.2 Å². The van der Waals surface area contributed by atoms with Gasteiger partial charge in [0.25, 0.3) is 0 Å². The number of halogens is 1. The van der Waals surface area contributed by atoms with Gasteiger partial charge >= 0.3 is 5.97 Å². The van der Waals surface area contributed by atoms with Gasteiger partial charge in [-0.1, -0.05) is 16.8 Å². The molecule has 2 rings (SSSR count). The first-order valence-corrected chi connectivity index (χ1v) is 5.42. The molecule has 0 aliphatic heterocycles. The number of carbonyl (C=O) groups is 1. The molecule has 0 bridgehead atoms. The van der Waals surface area contributed by atoms with Gasteiger partial charge in [0.15, 0.2) is 5.69 Å². The Morgan fingerprint density at radius 2 is 2.17 bits per heavy atom. The summed E-state index contributed by atoms with van der Waals surface area (Å²) < 4.78 is 5.01. The summed E-state index contributed by atoms with van der Waals surface area (Å²) in [4.78, 5) is 15.0. The Morgan fingerprint density at radius 1 is 1.50 bits per heavy atom. The predicted molar refractivity (Wildman–Crippen MR) is 65.6 cm³/mol. The van der Waals surface area contributed by atoms with Gasteiger partial charge in [-0.05, 0) is 19.9 Å². The molecule has 2 heterocycles. The molecule has 94 valence electrons. The van der Waals surface area contributed by atoms with E-state index in [4.69, 9.17) is 27.0 Å². The number of nitrogen functional groups attached to an aromatic ring is 1. The molecule has 0 aromatic carbocycles. The molecule has 2 aromatic rings. The summed E-state index contributed by atoms with van der Waals surface area (Å²) in [7, 11) is 0. The third-order valence-electron chi connectivity index (χ3n) is 2.48. The quantitative estimate of drug-likeness (QED) is 0.865. The van der Waals surface area contributed by atoms with Crippen molar-refractivity contribution in [3.8, 4) is 11.3 Å². The van der Waals surface area contributed by atoms with Gasteiger partial charge in [0.05, 0.1) is 27.7 Å². The lowest BCUT2D eigenvalue weighted by Gasteiger charge is -2.06. The van der Waals surface area contributed by atoms with Crippen molar-refractivity contribution >= 4 is 23.3 Å². The highest BCUT2D eigenvalue weighted by molar-refractivity contribution is 6.35. The number of aromatic nitrogens is 2. The zero-order chi connectivity index (χ0) is 13.4. The van der Waals surface area contributed by atoms with Crippen molar-refractivity contribution in [1.82, 2.24) is 10.1 Å². The van der Waals surface area contributed by atoms with E-state index in [1.165, 1.54) is 6.07 Å². The largest absolute Gasteiger partial charge is 0.476 e. The van der Waals surface area contributed by atoms with Crippen LogP contribution >= 0.6 is 11.6 Å². The SMILES string of the molecule is Cc1noc(C)c1-c1cc(N)c(Cl)c(C(=O)O)n1. The normalized spacial score (nSPS) is 10.6. The van der Waals surface area contributed by atoms with Crippen LogP contribution < -0.4 is 5.73 Å². The van der Waals surface area contributed by atoms with E-state index in [1.807, 2.05) is 0 Å². The lowest BCUT2D eigenvalue weighted by atomic mass is 10.1. The van der Waals surface area contributed by atoms with Crippen molar-refractivity contribution in [2.45, 2.75) is 13.8 Å². The summed E-state index contributed by atoms with van der Waals surface area (Å²) in [5.74, 6) is -0.696. The van der Waals surface area contributed by atoms with Crippen LogP contribution in [-0.2, 0) is 0 Å². The fourth-order valence-corrected chi connectivity index (χ4v) is 1.85. The monoisotopic (exact) mass is 267 g/mol. The van der Waals surface area contributed by atoms with Crippen LogP contribution in [0.15, 0.2) is 10.6 Å². The first-order valence-electron chi connectivity index (χ1n) is 5.04. The Bertz CT molecular complexity index is 617. The van der Waals surface area contributed by atoms with Gasteiger partial charge in [-0.3, -0.25) is 0 Å². The van der Waals surface area contributed by atoms with Gasteiger partial charge in [0.1, 0.15) is 5.76 Å². The van der Waals surface area contributed by atoms with Gasteiger partial charge in [0, 0.05) is 0 Å². The smallest absolute Gasteiger partial charge is 0.356 e. The third-order valence-corrected chi connectivity index (χ3v) is 2.88. The summed E-state index contributed by atoms with van der Waals surface area (Å²) in [6, 6.07) is 1.50. The molecule has 0 aliphatic rings. The molecule has 0 fully saturated rings. The Kier molecular flexibility index (Phi) is 2.96. The second kappa shape index (κ2) is 4.30. The van der Waals surface area contributed by atoms with Gasteiger partial charge in [-0.2, -0.15) is 0 Å². The molecule has 0 radical (unpaired) electrons. The number of carboxylic acid groups (broad SMARTS) is 1. The number of aryl methyl sites for hydroxylation is 2. The van der Waals surface area contributed by atoms with E-state index in [0.29, 0.717) is 22.7 Å². The number of hydrogen-bond acceptors (Lipinski definition) is 5. The second-order valence-electron chi connectivity index (χ2n) is 3.76. The molecule has 0 saturated carbocycles. The maximum atomic E-state index is 11.0. The van der Waals surface area contributed by atoms with Crippen LogP contribution in [0.1, 0.15) is 21.9 Å². The number of carboxylic acids is 1. The number of hydrogen-bond donors (Lipinski definition) is 2. The molecule has 3 N–H and O–H groups in total. The summed E-state index contributed by atoms with van der Waals surface area (Å²) >= 11 is 5.79. The highest BCUT2D eigenvalue weighted by Crippen LogP contribution is 2.31. The Morgan fingerprint density at radius 3 is 2.67 bits per heavy atom. The molecule has 0 aliphatic carbocycles. The first kappa shape index (κ1) is 12.4. The van der Waals surface area contributed by atoms with Crippen molar-refractivity contribution in [2.75, 3.05) is 5.73 Å². The van der Waals surface area contributed by atoms with Gasteiger partial charge in [-0.15, -0.1) is 0 Å². The van der Waals surface area contributed by atoms with Crippen LogP contribution in [0.2, 0.25) is 5.02 Å². The van der Waals surface area contributed by atoms with E-state index in [2.05, 4.69) is 10.1 Å². The van der Waals surface area contributed by atoms with Gasteiger partial charge in [-0.25, -0.2) is 9.78 Å². The van der Waals surface area contributed by atoms with E-state index < -0.39 is 5.97 Å². The van der Waals surface area contributed by atoms with E-state index in [0.717, 1.165) is 0 Å². The zero-order valence-electron chi connectivity index (χ0n) is 9.69. The third kappa shape index (κ3) is 1.91. The van der Waals surface area contributed by atoms with Crippen LogP contribution in [0.4, 0.5) is 5.69 Å². The van der Waals surface area contributed by atoms with E-state index in [9.17, 15) is 4.79 Å². The molecule has 0 unspecified atom stereocenters. The van der Waals surface area contributed by atoms with Crippen LogP contribution in [0, 0.1) is 13.8 Å². The molecule has 6 nitrogen and oxygen atoms in total. The average molecular weight is 268 g/mol. The van der Waals surface area contributed by atoms with E-state index >= 15 is 0 Å². The fraction of sp³-hybridized carbons (Fsp3) is 0.182. The Balaban J connectivity index is 2.71. The number of rotatable bonds is 2. The van der Waals surface area contributed by atoms with Crippen LogP contribution in [0.5, 0.6) is 0 Å².